The van der Waals surface area contributed by atoms with Gasteiger partial charge in [0.15, 0.2) is 0 Å². The number of rotatable bonds is 1. The number of alkyl halides is 5. The van der Waals surface area contributed by atoms with Gasteiger partial charge in [-0.2, -0.15) is 18.4 Å². The van der Waals surface area contributed by atoms with Crippen molar-refractivity contribution in [2.45, 2.75) is 42.0 Å². The number of fused-ring (bicyclic) bond motifs is 5. The molecule has 10 heteroatoms. The molecule has 2 amide bonds. The van der Waals surface area contributed by atoms with Crippen molar-refractivity contribution in [3.63, 3.8) is 0 Å². The van der Waals surface area contributed by atoms with Gasteiger partial charge in [0.05, 0.1) is 56.7 Å². The van der Waals surface area contributed by atoms with Crippen LogP contribution in [0, 0.1) is 23.2 Å². The van der Waals surface area contributed by atoms with Crippen LogP contribution in [0.5, 0.6) is 0 Å². The molecule has 0 aromatic heterocycles. The molecule has 3 aliphatic rings. The Morgan fingerprint density at radius 3 is 2.04 bits per heavy atom. The maximum absolute atomic E-state index is 13.3. The minimum absolute atomic E-state index is 0.250. The highest BCUT2D eigenvalue weighted by Crippen LogP contribution is 2.63. The van der Waals surface area contributed by atoms with Crippen molar-refractivity contribution in [1.29, 1.82) is 5.26 Å². The Morgan fingerprint density at radius 2 is 1.61 bits per heavy atom. The Bertz CT molecular complexity index is 924. The topological polar surface area (TPSA) is 70.4 Å². The van der Waals surface area contributed by atoms with Crippen LogP contribution in [0.2, 0.25) is 0 Å². The molecule has 0 spiro atoms. The molecule has 5 nitrogen and oxygen atoms in total. The first-order valence-electron chi connectivity index (χ1n) is 8.35. The second-order valence-corrected chi connectivity index (χ2v) is 8.52. The van der Waals surface area contributed by atoms with Gasteiger partial charge in [-0.25, -0.2) is 4.90 Å². The number of anilines is 1. The van der Waals surface area contributed by atoms with Crippen molar-refractivity contribution >= 4 is 40.7 Å². The molecule has 148 valence electrons. The molecular weight excluding hydrogens is 420 g/mol. The predicted octanol–water partition coefficient (Wildman–Crippen LogP) is 3.46. The van der Waals surface area contributed by atoms with Gasteiger partial charge in [0.25, 0.3) is 0 Å². The third-order valence-electron chi connectivity index (χ3n) is 6.02. The maximum Gasteiger partial charge on any atom is 0.417 e. The van der Waals surface area contributed by atoms with Gasteiger partial charge in [-0.15, -0.1) is 23.2 Å². The van der Waals surface area contributed by atoms with Gasteiger partial charge in [0.1, 0.15) is 0 Å². The van der Waals surface area contributed by atoms with Gasteiger partial charge in [0.2, 0.25) is 11.8 Å². The molecule has 3 saturated heterocycles. The second kappa shape index (κ2) is 5.62. The average molecular weight is 433 g/mol. The zero-order valence-electron chi connectivity index (χ0n) is 14.6. The van der Waals surface area contributed by atoms with Crippen molar-refractivity contribution in [1.82, 2.24) is 0 Å². The number of nitriles is 1. The fourth-order valence-corrected chi connectivity index (χ4v) is 5.58. The number of imide groups is 1. The summed E-state index contributed by atoms with van der Waals surface area (Å²) in [7, 11) is 0. The highest BCUT2D eigenvalue weighted by atomic mass is 35.5. The lowest BCUT2D eigenvalue weighted by molar-refractivity contribution is -0.138. The monoisotopic (exact) mass is 432 g/mol. The van der Waals surface area contributed by atoms with Gasteiger partial charge in [-0.1, -0.05) is 0 Å². The van der Waals surface area contributed by atoms with E-state index in [9.17, 15) is 22.8 Å². The number of hydrogen-bond acceptors (Lipinski definition) is 4. The Kier molecular flexibility index (Phi) is 3.91. The second-order valence-electron chi connectivity index (χ2n) is 7.58. The van der Waals surface area contributed by atoms with E-state index in [0.717, 1.165) is 17.0 Å². The molecule has 0 saturated carbocycles. The summed E-state index contributed by atoms with van der Waals surface area (Å²) in [6, 6.07) is 4.19. The van der Waals surface area contributed by atoms with Gasteiger partial charge in [-0.3, -0.25) is 9.59 Å². The molecule has 0 aliphatic carbocycles. The summed E-state index contributed by atoms with van der Waals surface area (Å²) in [4.78, 5) is 26.9. The first-order valence-corrected chi connectivity index (χ1v) is 9.22. The van der Waals surface area contributed by atoms with E-state index in [4.69, 9.17) is 33.2 Å². The first-order chi connectivity index (χ1) is 12.9. The largest absolute Gasteiger partial charge is 0.417 e. The zero-order chi connectivity index (χ0) is 20.8. The highest BCUT2D eigenvalue weighted by Gasteiger charge is 2.78. The van der Waals surface area contributed by atoms with Crippen LogP contribution >= 0.6 is 23.2 Å². The van der Waals surface area contributed by atoms with Crippen molar-refractivity contribution in [2.24, 2.45) is 11.8 Å². The molecule has 2 unspecified atom stereocenters. The summed E-state index contributed by atoms with van der Waals surface area (Å²) >= 11 is 12.7. The van der Waals surface area contributed by atoms with E-state index in [2.05, 4.69) is 0 Å². The summed E-state index contributed by atoms with van der Waals surface area (Å²) in [6.07, 6.45) is -4.81. The lowest BCUT2D eigenvalue weighted by atomic mass is 9.68. The van der Waals surface area contributed by atoms with Gasteiger partial charge in [0, 0.05) is 0 Å². The highest BCUT2D eigenvalue weighted by molar-refractivity contribution is 6.33. The minimum atomic E-state index is -4.81. The Morgan fingerprint density at radius 1 is 1.11 bits per heavy atom. The van der Waals surface area contributed by atoms with Crippen LogP contribution < -0.4 is 4.90 Å². The van der Waals surface area contributed by atoms with Crippen molar-refractivity contribution in [3.05, 3.63) is 29.3 Å². The van der Waals surface area contributed by atoms with Gasteiger partial charge >= 0.3 is 6.18 Å². The number of carbonyl (C=O) groups is 2. The lowest BCUT2D eigenvalue weighted by Gasteiger charge is -2.35. The van der Waals surface area contributed by atoms with Crippen LogP contribution in [0.1, 0.15) is 25.0 Å². The number of hydrogen-bond donors (Lipinski definition) is 0. The summed E-state index contributed by atoms with van der Waals surface area (Å²) in [5.74, 6) is -3.28. The van der Waals surface area contributed by atoms with E-state index in [1.165, 1.54) is 6.07 Å². The predicted molar refractivity (Wildman–Crippen MR) is 92.8 cm³/mol. The van der Waals surface area contributed by atoms with Crippen LogP contribution in [-0.2, 0) is 20.5 Å². The molecule has 0 radical (unpaired) electrons. The van der Waals surface area contributed by atoms with E-state index in [-0.39, 0.29) is 5.69 Å². The fraction of sp³-hybridized carbons (Fsp3) is 0.500. The number of amides is 2. The Hall–Kier alpha value is -1.82. The van der Waals surface area contributed by atoms with Crippen molar-refractivity contribution in [2.75, 3.05) is 4.90 Å². The van der Waals surface area contributed by atoms with E-state index >= 15 is 0 Å². The summed E-state index contributed by atoms with van der Waals surface area (Å²) in [5.41, 5.74) is -4.49. The summed E-state index contributed by atoms with van der Waals surface area (Å²) in [5, 5.41) is 7.44. The number of nitrogens with zero attached hydrogens (tertiary/aromatic N) is 2. The smallest absolute Gasteiger partial charge is 0.364 e. The van der Waals surface area contributed by atoms with E-state index in [1.54, 1.807) is 13.8 Å². The Balaban J connectivity index is 1.82. The first kappa shape index (κ1) is 19.5. The molecule has 1 aromatic rings. The Labute approximate surface area is 167 Å². The number of benzene rings is 1. The molecule has 3 heterocycles. The molecule has 3 fully saturated rings. The normalized spacial score (nSPS) is 39.4. The van der Waals surface area contributed by atoms with E-state index < -0.39 is 62.9 Å². The number of ether oxygens (including phenoxy) is 1. The molecule has 2 bridgehead atoms. The van der Waals surface area contributed by atoms with Gasteiger partial charge in [-0.05, 0) is 32.0 Å². The van der Waals surface area contributed by atoms with Crippen molar-refractivity contribution < 1.29 is 27.5 Å². The maximum atomic E-state index is 13.3. The number of carbonyl (C=O) groups excluding carboxylic acids is 2. The third kappa shape index (κ3) is 2.18. The molecule has 3 aliphatic heterocycles. The van der Waals surface area contributed by atoms with Crippen LogP contribution in [0.4, 0.5) is 18.9 Å². The summed E-state index contributed by atoms with van der Waals surface area (Å²) < 4.78 is 45.8. The van der Waals surface area contributed by atoms with Crippen LogP contribution in [0.25, 0.3) is 0 Å². The van der Waals surface area contributed by atoms with Crippen molar-refractivity contribution in [3.8, 4) is 6.07 Å². The third-order valence-corrected chi connectivity index (χ3v) is 7.52. The molecule has 4 rings (SSSR count). The lowest BCUT2D eigenvalue weighted by Crippen LogP contribution is -2.53. The van der Waals surface area contributed by atoms with Crippen LogP contribution in [0.3, 0.4) is 0 Å². The molecule has 28 heavy (non-hydrogen) atoms. The summed E-state index contributed by atoms with van der Waals surface area (Å²) in [6.45, 7) is 3.18. The van der Waals surface area contributed by atoms with Gasteiger partial charge < -0.3 is 4.74 Å². The zero-order valence-corrected chi connectivity index (χ0v) is 16.1. The molecule has 0 N–H and O–H groups in total. The quantitative estimate of drug-likeness (QED) is 0.503. The van der Waals surface area contributed by atoms with E-state index in [0.29, 0.717) is 6.07 Å². The average Bonchev–Trinajstić information content (AvgIpc) is 3.10. The number of halogens is 5. The van der Waals surface area contributed by atoms with Crippen LogP contribution in [0.15, 0.2) is 18.2 Å². The molecule has 1 aromatic carbocycles. The molecule has 6 atom stereocenters. The standard InChI is InChI=1S/C18H13Cl2F3N2O3/c1-16-10-11(17(2,28-16)13(20)12(16)19)15(27)25(14(10)26)8-4-3-7(6-24)9(5-8)18(21,22)23/h3-5,10-13H,1-2H3/t10-,11+,12-,13-,16?,17?/m0/s1. The SMILES string of the molecule is CC12OC(C)([C@@H](Cl)[C@@H]1Cl)[C@H]1C(=O)N(c3ccc(C#N)c(C(F)(F)F)c3)C(=O)[C@H]12. The minimum Gasteiger partial charge on any atom is -0.364 e. The fourth-order valence-electron chi connectivity index (χ4n) is 4.72. The van der Waals surface area contributed by atoms with Crippen LogP contribution in [-0.4, -0.2) is 33.8 Å². The van der Waals surface area contributed by atoms with E-state index in [1.807, 2.05) is 0 Å². The molecular formula is C18H13Cl2F3N2O3.